The van der Waals surface area contributed by atoms with E-state index < -0.39 is 12.1 Å². The van der Waals surface area contributed by atoms with E-state index in [-0.39, 0.29) is 18.1 Å². The minimum absolute atomic E-state index is 0.0514. The van der Waals surface area contributed by atoms with E-state index in [2.05, 4.69) is 0 Å². The molecule has 166 valence electrons. The molecule has 0 aliphatic carbocycles. The van der Waals surface area contributed by atoms with Gasteiger partial charge in [-0.25, -0.2) is 4.79 Å². The zero-order chi connectivity index (χ0) is 22.4. The summed E-state index contributed by atoms with van der Waals surface area (Å²) in [7, 11) is 1.00. The maximum atomic E-state index is 13.1. The molecule has 1 saturated heterocycles. The number of aliphatic hydroxyl groups is 1. The molecular formula is C22H31NO7. The maximum Gasteiger partial charge on any atom is 0.349 e. The van der Waals surface area contributed by atoms with Crippen molar-refractivity contribution in [2.75, 3.05) is 38.3 Å². The number of allylic oxidation sites excluding steroid dienone is 1. The van der Waals surface area contributed by atoms with Gasteiger partial charge in [0.2, 0.25) is 0 Å². The molecule has 2 unspecified atom stereocenters. The molecule has 0 radical (unpaired) electrons. The number of cyclic esters (lactones) is 1. The van der Waals surface area contributed by atoms with Gasteiger partial charge in [-0.1, -0.05) is 6.92 Å². The van der Waals surface area contributed by atoms with Gasteiger partial charge >= 0.3 is 5.97 Å². The van der Waals surface area contributed by atoms with E-state index in [1.807, 2.05) is 25.7 Å². The van der Waals surface area contributed by atoms with Crippen molar-refractivity contribution in [2.24, 2.45) is 5.92 Å². The van der Waals surface area contributed by atoms with Gasteiger partial charge in [0.15, 0.2) is 6.10 Å². The van der Waals surface area contributed by atoms with Crippen molar-refractivity contribution in [1.82, 2.24) is 0 Å². The summed E-state index contributed by atoms with van der Waals surface area (Å²) in [5, 5.41) is 17.5. The Balaban J connectivity index is 0.00000155. The molecule has 2 N–H and O–H groups in total. The van der Waals surface area contributed by atoms with Gasteiger partial charge in [-0.05, 0) is 26.3 Å². The number of benzene rings is 1. The first-order valence-electron chi connectivity index (χ1n) is 9.99. The van der Waals surface area contributed by atoms with Crippen LogP contribution in [0, 0.1) is 12.8 Å². The average Bonchev–Trinajstić information content (AvgIpc) is 2.90. The van der Waals surface area contributed by atoms with E-state index in [0.717, 1.165) is 19.0 Å². The number of nitrogens with zero attached hydrogens (tertiary/aromatic N) is 1. The molecule has 1 aromatic carbocycles. The molecule has 1 aromatic rings. The highest BCUT2D eigenvalue weighted by molar-refractivity contribution is 6.01. The number of anilines is 1. The topological polar surface area (TPSA) is 106 Å². The second-order valence-electron chi connectivity index (χ2n) is 7.52. The summed E-state index contributed by atoms with van der Waals surface area (Å²) in [6.45, 7) is 9.55. The first-order valence-corrected chi connectivity index (χ1v) is 9.99. The Labute approximate surface area is 177 Å². The number of ether oxygens (including phenoxy) is 3. The third-order valence-corrected chi connectivity index (χ3v) is 5.22. The molecule has 2 aliphatic rings. The molecule has 8 nitrogen and oxygen atoms in total. The van der Waals surface area contributed by atoms with Crippen LogP contribution in [0.3, 0.4) is 0 Å². The van der Waals surface area contributed by atoms with Crippen molar-refractivity contribution in [3.05, 3.63) is 28.5 Å². The minimum atomic E-state index is -0.599. The van der Waals surface area contributed by atoms with E-state index in [1.54, 1.807) is 13.0 Å². The lowest BCUT2D eigenvalue weighted by Gasteiger charge is -2.31. The smallest absolute Gasteiger partial charge is 0.349 e. The lowest BCUT2D eigenvalue weighted by Crippen LogP contribution is -2.37. The van der Waals surface area contributed by atoms with Gasteiger partial charge in [0.25, 0.3) is 0 Å². The highest BCUT2D eigenvalue weighted by atomic mass is 16.6. The number of hydrogen-bond donors (Lipinski definition) is 2. The predicted molar refractivity (Wildman–Crippen MR) is 112 cm³/mol. The van der Waals surface area contributed by atoms with Crippen molar-refractivity contribution in [1.29, 1.82) is 0 Å². The summed E-state index contributed by atoms with van der Waals surface area (Å²) in [5.41, 5.74) is 2.15. The van der Waals surface area contributed by atoms with Crippen molar-refractivity contribution in [2.45, 2.75) is 40.2 Å². The molecule has 2 aliphatic heterocycles. The fourth-order valence-electron chi connectivity index (χ4n) is 3.55. The van der Waals surface area contributed by atoms with E-state index in [4.69, 9.17) is 19.3 Å². The van der Waals surface area contributed by atoms with Gasteiger partial charge in [-0.2, -0.15) is 0 Å². The summed E-state index contributed by atoms with van der Waals surface area (Å²) >= 11 is 0. The first kappa shape index (κ1) is 23.7. The fraction of sp³-hybridized carbons (Fsp3) is 0.545. The largest absolute Gasteiger partial charge is 0.507 e. The van der Waals surface area contributed by atoms with Crippen LogP contribution in [-0.2, 0) is 14.3 Å². The van der Waals surface area contributed by atoms with Crippen LogP contribution < -0.4 is 9.64 Å². The number of rotatable bonds is 4. The molecule has 8 heteroatoms. The van der Waals surface area contributed by atoms with E-state index in [1.165, 1.54) is 0 Å². The Morgan fingerprint density at radius 1 is 1.30 bits per heavy atom. The monoisotopic (exact) mass is 421 g/mol. The second kappa shape index (κ2) is 10.4. The summed E-state index contributed by atoms with van der Waals surface area (Å²) in [6, 6.07) is 1.58. The van der Waals surface area contributed by atoms with Gasteiger partial charge in [0.05, 0.1) is 18.9 Å². The van der Waals surface area contributed by atoms with Crippen LogP contribution >= 0.6 is 0 Å². The Hall–Kier alpha value is -2.58. The lowest BCUT2D eigenvalue weighted by atomic mass is 9.97. The zero-order valence-corrected chi connectivity index (χ0v) is 18.2. The van der Waals surface area contributed by atoms with Crippen molar-refractivity contribution in [3.8, 4) is 11.5 Å². The molecule has 0 spiro atoms. The molecule has 0 aromatic heterocycles. The molecule has 0 amide bonds. The number of carbonyl (C=O) groups is 2. The standard InChI is InChI=1S/C21H27NO6.CH4O/c1-12(2)18-19(13(3)5-8-23)27-20-14(4)16(24)11-15(17(20)21(25)28-18)22-6-9-26-10-7-22;1-2/h8,11,13,19,24H,5-7,9-10H2,1-4H3;2H,1H3. The Bertz CT molecular complexity index is 808. The van der Waals surface area contributed by atoms with Crippen LogP contribution in [0.2, 0.25) is 0 Å². The Kier molecular flexibility index (Phi) is 8.25. The third kappa shape index (κ3) is 4.76. The average molecular weight is 421 g/mol. The Morgan fingerprint density at radius 2 is 1.93 bits per heavy atom. The molecule has 30 heavy (non-hydrogen) atoms. The lowest BCUT2D eigenvalue weighted by molar-refractivity contribution is -0.109. The SMILES string of the molecule is CC(C)=C1OC(=O)c2c(N3CCOCC3)cc(O)c(C)c2OC1C(C)CC=O.CO. The highest BCUT2D eigenvalue weighted by Gasteiger charge is 2.37. The summed E-state index contributed by atoms with van der Waals surface area (Å²) in [5.74, 6) is 0.0645. The maximum absolute atomic E-state index is 13.1. The van der Waals surface area contributed by atoms with Crippen LogP contribution in [-0.4, -0.2) is 62.0 Å². The van der Waals surface area contributed by atoms with Crippen molar-refractivity contribution < 1.29 is 34.0 Å². The minimum Gasteiger partial charge on any atom is -0.507 e. The number of carbonyl (C=O) groups excluding carboxylic acids is 2. The van der Waals surface area contributed by atoms with Gasteiger partial charge in [0.1, 0.15) is 29.1 Å². The summed E-state index contributed by atoms with van der Waals surface area (Å²) in [4.78, 5) is 26.2. The molecule has 0 saturated carbocycles. The number of aromatic hydroxyl groups is 1. The van der Waals surface area contributed by atoms with Gasteiger partial charge in [0, 0.05) is 44.2 Å². The third-order valence-electron chi connectivity index (χ3n) is 5.22. The van der Waals surface area contributed by atoms with E-state index in [9.17, 15) is 14.7 Å². The Morgan fingerprint density at radius 3 is 2.50 bits per heavy atom. The van der Waals surface area contributed by atoms with Crippen LogP contribution in [0.15, 0.2) is 17.4 Å². The van der Waals surface area contributed by atoms with Gasteiger partial charge in [-0.3, -0.25) is 0 Å². The molecule has 1 fully saturated rings. The predicted octanol–water partition coefficient (Wildman–Crippen LogP) is 2.58. The normalized spacial score (nSPS) is 19.4. The van der Waals surface area contributed by atoms with E-state index >= 15 is 0 Å². The second-order valence-corrected chi connectivity index (χ2v) is 7.52. The number of morpholine rings is 1. The molecular weight excluding hydrogens is 390 g/mol. The molecule has 2 atom stereocenters. The van der Waals surface area contributed by atoms with Gasteiger partial charge < -0.3 is 34.1 Å². The number of phenols is 1. The fourth-order valence-corrected chi connectivity index (χ4v) is 3.55. The number of esters is 1. The number of aliphatic hydroxyl groups excluding tert-OH is 1. The van der Waals surface area contributed by atoms with E-state index in [0.29, 0.717) is 54.6 Å². The summed E-state index contributed by atoms with van der Waals surface area (Å²) in [6.07, 6.45) is 0.500. The zero-order valence-electron chi connectivity index (χ0n) is 18.2. The number of phenolic OH excluding ortho intramolecular Hbond substituents is 1. The van der Waals surface area contributed by atoms with Crippen molar-refractivity contribution >= 4 is 17.9 Å². The summed E-state index contributed by atoms with van der Waals surface area (Å²) < 4.78 is 17.4. The number of fused-ring (bicyclic) bond motifs is 1. The quantitative estimate of drug-likeness (QED) is 0.565. The molecule has 2 heterocycles. The highest BCUT2D eigenvalue weighted by Crippen LogP contribution is 2.43. The van der Waals surface area contributed by atoms with Gasteiger partial charge in [-0.15, -0.1) is 0 Å². The van der Waals surface area contributed by atoms with Crippen LogP contribution in [0.25, 0.3) is 0 Å². The van der Waals surface area contributed by atoms with Crippen LogP contribution in [0.5, 0.6) is 11.5 Å². The van der Waals surface area contributed by atoms with Crippen molar-refractivity contribution in [3.63, 3.8) is 0 Å². The van der Waals surface area contributed by atoms with Crippen LogP contribution in [0.4, 0.5) is 5.69 Å². The molecule has 3 rings (SSSR count). The van der Waals surface area contributed by atoms with Crippen LogP contribution in [0.1, 0.15) is 43.1 Å². The first-order chi connectivity index (χ1) is 14.3. The number of aldehydes is 1. The molecule has 0 bridgehead atoms. The number of hydrogen-bond acceptors (Lipinski definition) is 8.